The lowest BCUT2D eigenvalue weighted by Gasteiger charge is -2.50. The molecule has 49 heavy (non-hydrogen) atoms. The number of benzene rings is 2. The van der Waals surface area contributed by atoms with Gasteiger partial charge in [-0.2, -0.15) is 13.7 Å². The third-order valence-corrected chi connectivity index (χ3v) is 11.0. The van der Waals surface area contributed by atoms with E-state index in [1.807, 2.05) is 6.07 Å². The maximum absolute atomic E-state index is 16.3. The van der Waals surface area contributed by atoms with E-state index in [-0.39, 0.29) is 41.4 Å². The number of ether oxygens (including phenoxy) is 4. The molecule has 0 radical (unpaired) electrons. The predicted molar refractivity (Wildman–Crippen MR) is 181 cm³/mol. The van der Waals surface area contributed by atoms with Crippen LogP contribution in [0.5, 0.6) is 11.5 Å². The Balaban J connectivity index is 1.22. The van der Waals surface area contributed by atoms with E-state index in [0.717, 1.165) is 25.9 Å². The quantitative estimate of drug-likeness (QED) is 0.157. The molecular weight excluding hydrogens is 672 g/mol. The van der Waals surface area contributed by atoms with Crippen molar-refractivity contribution in [2.75, 3.05) is 33.9 Å². The van der Waals surface area contributed by atoms with Gasteiger partial charge in [0.25, 0.3) is 0 Å². The molecule has 9 nitrogen and oxygen atoms in total. The van der Waals surface area contributed by atoms with Gasteiger partial charge in [-0.15, -0.1) is 0 Å². The van der Waals surface area contributed by atoms with E-state index >= 15 is 4.39 Å². The number of nitrogens with zero attached hydrogens (tertiary/aromatic N) is 3. The number of amides is 1. The summed E-state index contributed by atoms with van der Waals surface area (Å²) < 4.78 is 38.8. The molecular formula is C37H37Cl2FN3O6+. The molecule has 4 saturated heterocycles. The van der Waals surface area contributed by atoms with Gasteiger partial charge in [-0.25, -0.2) is 4.79 Å². The number of piperidine rings is 3. The summed E-state index contributed by atoms with van der Waals surface area (Å²) in [6.07, 6.45) is 8.76. The highest BCUT2D eigenvalue weighted by Gasteiger charge is 2.68. The van der Waals surface area contributed by atoms with Crippen LogP contribution >= 0.6 is 23.2 Å². The topological polar surface area (TPSA) is 87.2 Å². The molecule has 8 rings (SSSR count). The molecule has 2 bridgehead atoms. The van der Waals surface area contributed by atoms with E-state index < -0.39 is 24.0 Å². The molecule has 0 spiro atoms. The Morgan fingerprint density at radius 1 is 1.10 bits per heavy atom. The number of allylic oxidation sites excluding steroid dienone is 2. The van der Waals surface area contributed by atoms with Crippen LogP contribution in [-0.4, -0.2) is 72.2 Å². The standard InChI is InChI=1S/C37H37Cl2FN3O6/c1-46-31-10-9-25(17-33(31)47-2)32(18-27-28(38)19-41-20-29(27)39)48-35(44)26-7-5-6-23(16-26)22-43(30-21-42-14-11-24(30)12-15-42)34-8-3-4-13-37(34,40)49-36(43)45/h3-10,16-17,19-20,24,30,32H,11-15,18,21-22H2,1-2H3/q+1/t30-,32?,37?,43?/m0/s1. The highest BCUT2D eigenvalue weighted by Crippen LogP contribution is 2.51. The zero-order valence-corrected chi connectivity index (χ0v) is 28.8. The van der Waals surface area contributed by atoms with Gasteiger partial charge >= 0.3 is 17.9 Å². The fourth-order valence-electron chi connectivity index (χ4n) is 7.85. The summed E-state index contributed by atoms with van der Waals surface area (Å²) in [4.78, 5) is 34.3. The van der Waals surface area contributed by atoms with Crippen LogP contribution < -0.4 is 9.47 Å². The Morgan fingerprint density at radius 3 is 2.55 bits per heavy atom. The Morgan fingerprint density at radius 2 is 1.86 bits per heavy atom. The molecule has 1 amide bonds. The van der Waals surface area contributed by atoms with Crippen molar-refractivity contribution in [2.45, 2.75) is 50.2 Å². The minimum absolute atomic E-state index is 0.0267. The third-order valence-electron chi connectivity index (χ3n) is 10.3. The molecule has 0 saturated carbocycles. The van der Waals surface area contributed by atoms with Crippen LogP contribution in [0.1, 0.15) is 52.4 Å². The first kappa shape index (κ1) is 33.5. The first-order chi connectivity index (χ1) is 23.6. The summed E-state index contributed by atoms with van der Waals surface area (Å²) in [5.41, 5.74) is 2.49. The summed E-state index contributed by atoms with van der Waals surface area (Å²) in [5, 5.41) is 0.678. The summed E-state index contributed by atoms with van der Waals surface area (Å²) in [5.74, 6) is -1.57. The Hall–Kier alpha value is -3.96. The zero-order chi connectivity index (χ0) is 34.3. The van der Waals surface area contributed by atoms with Crippen molar-refractivity contribution in [3.8, 4) is 11.5 Å². The van der Waals surface area contributed by atoms with Crippen LogP contribution in [0.4, 0.5) is 9.18 Å². The molecule has 12 heteroatoms. The second-order valence-corrected chi connectivity index (χ2v) is 13.8. The molecule has 0 N–H and O–H groups in total. The average molecular weight is 710 g/mol. The monoisotopic (exact) mass is 708 g/mol. The first-order valence-electron chi connectivity index (χ1n) is 16.4. The second-order valence-electron chi connectivity index (χ2n) is 13.0. The molecule has 256 valence electrons. The van der Waals surface area contributed by atoms with Gasteiger partial charge in [0.05, 0.1) is 36.4 Å². The number of hydrogen-bond acceptors (Lipinski definition) is 8. The number of halogens is 3. The predicted octanol–water partition coefficient (Wildman–Crippen LogP) is 7.62. The fraction of sp³-hybridized carbons (Fsp3) is 0.378. The molecule has 1 aromatic heterocycles. The van der Waals surface area contributed by atoms with E-state index in [1.165, 1.54) is 26.6 Å². The molecule has 2 aromatic carbocycles. The molecule has 4 atom stereocenters. The van der Waals surface area contributed by atoms with Gasteiger partial charge < -0.3 is 18.9 Å². The number of methoxy groups -OCH3 is 2. The molecule has 5 heterocycles. The molecule has 1 aliphatic carbocycles. The normalized spacial score (nSPS) is 27.6. The smallest absolute Gasteiger partial charge is 0.493 e. The molecule has 3 unspecified atom stereocenters. The van der Waals surface area contributed by atoms with Crippen LogP contribution in [0.3, 0.4) is 0 Å². The number of alkyl halides is 1. The van der Waals surface area contributed by atoms with Gasteiger partial charge in [-0.3, -0.25) is 9.88 Å². The number of pyridine rings is 1. The minimum atomic E-state index is -2.20. The largest absolute Gasteiger partial charge is 0.524 e. The number of hydrogen-bond donors (Lipinski definition) is 0. The van der Waals surface area contributed by atoms with Crippen LogP contribution in [0.15, 0.2) is 78.8 Å². The number of carbonyl (C=O) groups is 2. The van der Waals surface area contributed by atoms with Crippen molar-refractivity contribution in [2.24, 2.45) is 5.92 Å². The van der Waals surface area contributed by atoms with Crippen molar-refractivity contribution in [3.63, 3.8) is 0 Å². The van der Waals surface area contributed by atoms with Crippen molar-refractivity contribution in [3.05, 3.63) is 111 Å². The number of carbonyl (C=O) groups excluding carboxylic acids is 2. The Labute approximate surface area is 294 Å². The van der Waals surface area contributed by atoms with E-state index in [2.05, 4.69) is 9.88 Å². The zero-order valence-electron chi connectivity index (χ0n) is 27.2. The van der Waals surface area contributed by atoms with Gasteiger partial charge in [0.1, 0.15) is 18.7 Å². The number of aromatic nitrogens is 1. The van der Waals surface area contributed by atoms with Crippen molar-refractivity contribution < 1.29 is 37.4 Å². The van der Waals surface area contributed by atoms with Crippen molar-refractivity contribution in [1.29, 1.82) is 0 Å². The molecule has 3 aromatic rings. The van der Waals surface area contributed by atoms with Gasteiger partial charge in [0.15, 0.2) is 17.2 Å². The van der Waals surface area contributed by atoms with Crippen LogP contribution in [0.2, 0.25) is 10.0 Å². The van der Waals surface area contributed by atoms with E-state index in [4.69, 9.17) is 42.1 Å². The van der Waals surface area contributed by atoms with Gasteiger partial charge in [-0.1, -0.05) is 53.6 Å². The Kier molecular flexibility index (Phi) is 9.17. The summed E-state index contributed by atoms with van der Waals surface area (Å²) in [6, 6.07) is 12.1. The van der Waals surface area contributed by atoms with Crippen LogP contribution in [0.25, 0.3) is 0 Å². The van der Waals surface area contributed by atoms with E-state index in [0.29, 0.717) is 50.5 Å². The number of quaternary nitrogens is 1. The lowest BCUT2D eigenvalue weighted by Crippen LogP contribution is -2.66. The average Bonchev–Trinajstić information content (AvgIpc) is 3.35. The van der Waals surface area contributed by atoms with Crippen molar-refractivity contribution >= 4 is 35.3 Å². The minimum Gasteiger partial charge on any atom is -0.493 e. The van der Waals surface area contributed by atoms with Gasteiger partial charge in [0, 0.05) is 42.8 Å². The summed E-state index contributed by atoms with van der Waals surface area (Å²) >= 11 is 13.0. The van der Waals surface area contributed by atoms with Crippen molar-refractivity contribution in [1.82, 2.24) is 9.88 Å². The third kappa shape index (κ3) is 6.09. The van der Waals surface area contributed by atoms with Gasteiger partial charge in [-0.05, 0) is 61.3 Å². The molecule has 4 aliphatic heterocycles. The fourth-order valence-corrected chi connectivity index (χ4v) is 8.37. The summed E-state index contributed by atoms with van der Waals surface area (Å²) in [7, 11) is 3.07. The van der Waals surface area contributed by atoms with Crippen LogP contribution in [-0.2, 0) is 22.4 Å². The second kappa shape index (κ2) is 13.4. The molecule has 4 fully saturated rings. The highest BCUT2D eigenvalue weighted by molar-refractivity contribution is 6.35. The highest BCUT2D eigenvalue weighted by atomic mass is 35.5. The van der Waals surface area contributed by atoms with Gasteiger partial charge in [0.2, 0.25) is 0 Å². The SMILES string of the molecule is COc1ccc(C(Cc2c(Cl)cncc2Cl)OC(=O)c2cccc(C[N+]3([C@H]4CN5CCC4CC5)C(=O)OC4(F)CC=CC=C43)c2)cc1OC. The maximum atomic E-state index is 16.3. The molecule has 5 aliphatic rings. The number of esters is 1. The maximum Gasteiger partial charge on any atom is 0.524 e. The van der Waals surface area contributed by atoms with Crippen LogP contribution in [0, 0.1) is 5.92 Å². The van der Waals surface area contributed by atoms with E-state index in [9.17, 15) is 9.59 Å². The first-order valence-corrected chi connectivity index (χ1v) is 17.1. The number of fused-ring (bicyclic) bond motifs is 4. The lowest BCUT2D eigenvalue weighted by atomic mass is 9.80. The summed E-state index contributed by atoms with van der Waals surface area (Å²) in [6.45, 7) is 2.75. The Bertz CT molecular complexity index is 1830. The van der Waals surface area contributed by atoms with E-state index in [1.54, 1.807) is 54.6 Å². The number of rotatable bonds is 10. The lowest BCUT2D eigenvalue weighted by molar-refractivity contribution is -0.857.